The molecule has 3 heteroatoms. The summed E-state index contributed by atoms with van der Waals surface area (Å²) in [6, 6.07) is 18.0. The lowest BCUT2D eigenvalue weighted by molar-refractivity contribution is 1.01. The van der Waals surface area contributed by atoms with Crippen LogP contribution in [0, 0.1) is 6.92 Å². The lowest BCUT2D eigenvalue weighted by Gasteiger charge is -2.22. The second-order valence-electron chi connectivity index (χ2n) is 5.10. The first kappa shape index (κ1) is 13.4. The quantitative estimate of drug-likeness (QED) is 0.786. The summed E-state index contributed by atoms with van der Waals surface area (Å²) >= 11 is 0. The summed E-state index contributed by atoms with van der Waals surface area (Å²) in [4.78, 5) is 17.5. The lowest BCUT2D eigenvalue weighted by atomic mass is 10.1. The SMILES string of the molecule is CCN(c1ccccc1)c1cc2cccc(C)c2[nH]c1=O. The minimum Gasteiger partial charge on any atom is -0.337 e. The minimum absolute atomic E-state index is 0.0532. The van der Waals surface area contributed by atoms with Crippen molar-refractivity contribution in [2.75, 3.05) is 11.4 Å². The number of para-hydroxylation sites is 2. The molecule has 0 saturated heterocycles. The highest BCUT2D eigenvalue weighted by atomic mass is 16.1. The molecule has 0 unspecified atom stereocenters. The van der Waals surface area contributed by atoms with Gasteiger partial charge in [-0.2, -0.15) is 0 Å². The molecule has 21 heavy (non-hydrogen) atoms. The van der Waals surface area contributed by atoms with E-state index in [1.54, 1.807) is 0 Å². The Kier molecular flexibility index (Phi) is 3.48. The summed E-state index contributed by atoms with van der Waals surface area (Å²) in [5, 5.41) is 1.05. The Morgan fingerprint density at radius 3 is 2.52 bits per heavy atom. The smallest absolute Gasteiger partial charge is 0.272 e. The molecular formula is C18H18N2O. The number of aromatic nitrogens is 1. The van der Waals surface area contributed by atoms with E-state index in [1.165, 1.54) is 0 Å². The molecule has 3 aromatic rings. The van der Waals surface area contributed by atoms with E-state index >= 15 is 0 Å². The Labute approximate surface area is 123 Å². The van der Waals surface area contributed by atoms with Gasteiger partial charge < -0.3 is 9.88 Å². The molecule has 3 nitrogen and oxygen atoms in total. The Morgan fingerprint density at radius 1 is 1.05 bits per heavy atom. The third kappa shape index (κ3) is 2.42. The van der Waals surface area contributed by atoms with Crippen LogP contribution in [0.15, 0.2) is 59.4 Å². The number of nitrogens with zero attached hydrogens (tertiary/aromatic N) is 1. The van der Waals surface area contributed by atoms with Gasteiger partial charge in [0.15, 0.2) is 0 Å². The molecule has 0 fully saturated rings. The van der Waals surface area contributed by atoms with Gasteiger partial charge in [0.2, 0.25) is 0 Å². The fraction of sp³-hybridized carbons (Fsp3) is 0.167. The Balaban J connectivity index is 2.20. The van der Waals surface area contributed by atoms with Crippen molar-refractivity contribution in [2.24, 2.45) is 0 Å². The molecule has 0 bridgehead atoms. The first-order valence-electron chi connectivity index (χ1n) is 7.16. The summed E-state index contributed by atoms with van der Waals surface area (Å²) < 4.78 is 0. The monoisotopic (exact) mass is 278 g/mol. The van der Waals surface area contributed by atoms with E-state index in [0.29, 0.717) is 5.69 Å². The molecule has 2 aromatic carbocycles. The number of pyridine rings is 1. The third-order valence-electron chi connectivity index (χ3n) is 3.74. The average molecular weight is 278 g/mol. The lowest BCUT2D eigenvalue weighted by Crippen LogP contribution is -2.24. The van der Waals surface area contributed by atoms with Gasteiger partial charge in [0, 0.05) is 17.6 Å². The van der Waals surface area contributed by atoms with E-state index in [-0.39, 0.29) is 5.56 Å². The summed E-state index contributed by atoms with van der Waals surface area (Å²) in [5.41, 5.74) is 3.65. The predicted octanol–water partition coefficient (Wildman–Crippen LogP) is 3.99. The maximum atomic E-state index is 12.5. The van der Waals surface area contributed by atoms with Gasteiger partial charge in [-0.15, -0.1) is 0 Å². The number of fused-ring (bicyclic) bond motifs is 1. The van der Waals surface area contributed by atoms with E-state index in [9.17, 15) is 4.79 Å². The summed E-state index contributed by atoms with van der Waals surface area (Å²) in [6.07, 6.45) is 0. The van der Waals surface area contributed by atoms with Gasteiger partial charge >= 0.3 is 0 Å². The number of H-pyrrole nitrogens is 1. The first-order chi connectivity index (χ1) is 10.2. The van der Waals surface area contributed by atoms with Gasteiger partial charge in [0.25, 0.3) is 5.56 Å². The number of benzene rings is 2. The molecule has 0 amide bonds. The average Bonchev–Trinajstić information content (AvgIpc) is 2.51. The highest BCUT2D eigenvalue weighted by Gasteiger charge is 2.12. The van der Waals surface area contributed by atoms with E-state index < -0.39 is 0 Å². The molecule has 0 aliphatic rings. The minimum atomic E-state index is -0.0532. The molecule has 1 N–H and O–H groups in total. The number of rotatable bonds is 3. The zero-order valence-corrected chi connectivity index (χ0v) is 12.3. The van der Waals surface area contributed by atoms with Crippen LogP contribution in [-0.2, 0) is 0 Å². The maximum Gasteiger partial charge on any atom is 0.272 e. The fourth-order valence-corrected chi connectivity index (χ4v) is 2.67. The molecule has 106 valence electrons. The highest BCUT2D eigenvalue weighted by Crippen LogP contribution is 2.24. The predicted molar refractivity (Wildman–Crippen MR) is 88.4 cm³/mol. The zero-order chi connectivity index (χ0) is 14.8. The zero-order valence-electron chi connectivity index (χ0n) is 12.3. The van der Waals surface area contributed by atoms with Crippen molar-refractivity contribution in [3.8, 4) is 0 Å². The van der Waals surface area contributed by atoms with Gasteiger partial charge in [-0.05, 0) is 37.6 Å². The molecule has 3 rings (SSSR count). The van der Waals surface area contributed by atoms with E-state index in [0.717, 1.165) is 28.7 Å². The summed E-state index contributed by atoms with van der Waals surface area (Å²) in [6.45, 7) is 4.80. The van der Waals surface area contributed by atoms with Crippen molar-refractivity contribution in [1.29, 1.82) is 0 Å². The van der Waals surface area contributed by atoms with Crippen LogP contribution in [0.2, 0.25) is 0 Å². The van der Waals surface area contributed by atoms with Crippen molar-refractivity contribution in [2.45, 2.75) is 13.8 Å². The number of aryl methyl sites for hydroxylation is 1. The largest absolute Gasteiger partial charge is 0.337 e. The van der Waals surface area contributed by atoms with Gasteiger partial charge in [0.1, 0.15) is 5.69 Å². The number of anilines is 2. The normalized spacial score (nSPS) is 10.8. The van der Waals surface area contributed by atoms with E-state index in [2.05, 4.69) is 4.98 Å². The topological polar surface area (TPSA) is 36.1 Å². The fourth-order valence-electron chi connectivity index (χ4n) is 2.67. The Bertz CT molecular complexity index is 821. The van der Waals surface area contributed by atoms with Crippen LogP contribution in [0.25, 0.3) is 10.9 Å². The molecule has 0 spiro atoms. The van der Waals surface area contributed by atoms with E-state index in [1.807, 2.05) is 73.3 Å². The van der Waals surface area contributed by atoms with Crippen molar-refractivity contribution < 1.29 is 0 Å². The van der Waals surface area contributed by atoms with Crippen molar-refractivity contribution in [3.63, 3.8) is 0 Å². The van der Waals surface area contributed by atoms with E-state index in [4.69, 9.17) is 0 Å². The molecule has 0 aliphatic carbocycles. The maximum absolute atomic E-state index is 12.5. The molecule has 1 aromatic heterocycles. The number of hydrogen-bond donors (Lipinski definition) is 1. The Hall–Kier alpha value is -2.55. The van der Waals surface area contributed by atoms with Crippen LogP contribution < -0.4 is 10.5 Å². The summed E-state index contributed by atoms with van der Waals surface area (Å²) in [5.74, 6) is 0. The van der Waals surface area contributed by atoms with Crippen LogP contribution in [0.5, 0.6) is 0 Å². The van der Waals surface area contributed by atoms with Crippen LogP contribution in [-0.4, -0.2) is 11.5 Å². The molecule has 0 saturated carbocycles. The standard InChI is InChI=1S/C18H18N2O/c1-3-20(15-10-5-4-6-11-15)16-12-14-9-7-8-13(2)17(14)19-18(16)21/h4-12H,3H2,1-2H3,(H,19,21). The van der Waals surface area contributed by atoms with Gasteiger partial charge in [0.05, 0.1) is 5.52 Å². The van der Waals surface area contributed by atoms with Crippen molar-refractivity contribution >= 4 is 22.3 Å². The van der Waals surface area contributed by atoms with Crippen molar-refractivity contribution in [1.82, 2.24) is 4.98 Å². The molecule has 1 heterocycles. The van der Waals surface area contributed by atoms with Gasteiger partial charge in [-0.1, -0.05) is 36.4 Å². The van der Waals surface area contributed by atoms with Gasteiger partial charge in [-0.3, -0.25) is 4.79 Å². The second-order valence-corrected chi connectivity index (χ2v) is 5.10. The third-order valence-corrected chi connectivity index (χ3v) is 3.74. The Morgan fingerprint density at radius 2 is 1.81 bits per heavy atom. The highest BCUT2D eigenvalue weighted by molar-refractivity contribution is 5.85. The molecular weight excluding hydrogens is 260 g/mol. The second kappa shape index (κ2) is 5.44. The number of nitrogens with one attached hydrogen (secondary N) is 1. The molecule has 0 atom stereocenters. The summed E-state index contributed by atoms with van der Waals surface area (Å²) in [7, 11) is 0. The van der Waals surface area contributed by atoms with Crippen LogP contribution in [0.4, 0.5) is 11.4 Å². The molecule has 0 aliphatic heterocycles. The van der Waals surface area contributed by atoms with Crippen LogP contribution in [0.1, 0.15) is 12.5 Å². The van der Waals surface area contributed by atoms with Gasteiger partial charge in [-0.25, -0.2) is 0 Å². The number of hydrogen-bond acceptors (Lipinski definition) is 2. The van der Waals surface area contributed by atoms with Crippen LogP contribution in [0.3, 0.4) is 0 Å². The molecule has 0 radical (unpaired) electrons. The number of aromatic amines is 1. The van der Waals surface area contributed by atoms with Crippen LogP contribution >= 0.6 is 0 Å². The van der Waals surface area contributed by atoms with Crippen molar-refractivity contribution in [3.05, 3.63) is 70.5 Å². The first-order valence-corrected chi connectivity index (χ1v) is 7.16.